The van der Waals surface area contributed by atoms with Gasteiger partial charge in [0.25, 0.3) is 0 Å². The van der Waals surface area contributed by atoms with Gasteiger partial charge in [-0.05, 0) is 42.9 Å². The Morgan fingerprint density at radius 2 is 1.52 bits per heavy atom. The molecule has 0 aliphatic carbocycles. The van der Waals surface area contributed by atoms with Crippen LogP contribution in [0.15, 0.2) is 6.07 Å². The number of halogens is 1. The van der Waals surface area contributed by atoms with E-state index in [1.165, 1.54) is 6.07 Å². The average Bonchev–Trinajstić information content (AvgIpc) is 2.42. The molecule has 0 spiro atoms. The van der Waals surface area contributed by atoms with Gasteiger partial charge in [0.2, 0.25) is 0 Å². The van der Waals surface area contributed by atoms with Gasteiger partial charge in [0.05, 0.1) is 11.1 Å². The molecule has 0 heterocycles. The predicted molar refractivity (Wildman–Crippen MR) is 82.6 cm³/mol. The van der Waals surface area contributed by atoms with Crippen molar-refractivity contribution in [1.82, 2.24) is 0 Å². The van der Waals surface area contributed by atoms with E-state index < -0.39 is 11.9 Å². The second-order valence-electron chi connectivity index (χ2n) is 5.06. The van der Waals surface area contributed by atoms with E-state index in [1.807, 2.05) is 13.8 Å². The summed E-state index contributed by atoms with van der Waals surface area (Å²) in [6, 6.07) is 1.27. The van der Waals surface area contributed by atoms with Crippen molar-refractivity contribution >= 4 is 23.5 Å². The van der Waals surface area contributed by atoms with Gasteiger partial charge >= 0.3 is 11.9 Å². The zero-order valence-corrected chi connectivity index (χ0v) is 13.2. The van der Waals surface area contributed by atoms with Crippen LogP contribution >= 0.6 is 11.6 Å². The topological polar surface area (TPSA) is 74.6 Å². The molecular formula is C16H21ClO4. The summed E-state index contributed by atoms with van der Waals surface area (Å²) in [7, 11) is 0. The van der Waals surface area contributed by atoms with E-state index in [1.54, 1.807) is 0 Å². The quantitative estimate of drug-likeness (QED) is 0.745. The summed E-state index contributed by atoms with van der Waals surface area (Å²) in [6.45, 7) is 4.05. The fraction of sp³-hybridized carbons (Fsp3) is 0.500. The number of hydrogen-bond donors (Lipinski definition) is 2. The summed E-state index contributed by atoms with van der Waals surface area (Å²) in [6.07, 6.45) is 4.78. The molecule has 0 aromatic heterocycles. The monoisotopic (exact) mass is 312 g/mol. The summed E-state index contributed by atoms with van der Waals surface area (Å²) in [5, 5.41) is 19.0. The lowest BCUT2D eigenvalue weighted by Gasteiger charge is -2.16. The van der Waals surface area contributed by atoms with Crippen LogP contribution in [0.25, 0.3) is 0 Å². The van der Waals surface area contributed by atoms with E-state index in [0.29, 0.717) is 23.4 Å². The Morgan fingerprint density at radius 1 is 1.00 bits per heavy atom. The first kappa shape index (κ1) is 17.5. The van der Waals surface area contributed by atoms with E-state index in [4.69, 9.17) is 11.6 Å². The number of unbranched alkanes of at least 4 members (excludes halogenated alkanes) is 2. The van der Waals surface area contributed by atoms with Gasteiger partial charge in [-0.25, -0.2) is 9.59 Å². The minimum absolute atomic E-state index is 0.105. The summed E-state index contributed by atoms with van der Waals surface area (Å²) >= 11 is 6.21. The second kappa shape index (κ2) is 8.03. The Labute approximate surface area is 129 Å². The van der Waals surface area contributed by atoms with Crippen molar-refractivity contribution < 1.29 is 19.8 Å². The van der Waals surface area contributed by atoms with Crippen LogP contribution in [-0.4, -0.2) is 22.2 Å². The number of hydrogen-bond acceptors (Lipinski definition) is 2. The summed E-state index contributed by atoms with van der Waals surface area (Å²) < 4.78 is 0. The van der Waals surface area contributed by atoms with Crippen molar-refractivity contribution in [2.75, 3.05) is 0 Å². The van der Waals surface area contributed by atoms with Crippen LogP contribution in [0.3, 0.4) is 0 Å². The molecular weight excluding hydrogens is 292 g/mol. The van der Waals surface area contributed by atoms with E-state index in [9.17, 15) is 19.8 Å². The van der Waals surface area contributed by atoms with E-state index >= 15 is 0 Å². The average molecular weight is 313 g/mol. The number of benzene rings is 1. The Morgan fingerprint density at radius 3 is 1.95 bits per heavy atom. The Bertz CT molecular complexity index is 538. The van der Waals surface area contributed by atoms with Gasteiger partial charge in [0.1, 0.15) is 0 Å². The molecule has 0 saturated carbocycles. The second-order valence-corrected chi connectivity index (χ2v) is 5.46. The van der Waals surface area contributed by atoms with E-state index in [-0.39, 0.29) is 11.1 Å². The van der Waals surface area contributed by atoms with Crippen LogP contribution in [0.4, 0.5) is 0 Å². The molecule has 0 bridgehead atoms. The van der Waals surface area contributed by atoms with Crippen LogP contribution in [0.1, 0.15) is 71.4 Å². The van der Waals surface area contributed by atoms with Crippen LogP contribution < -0.4 is 0 Å². The van der Waals surface area contributed by atoms with Gasteiger partial charge in [0, 0.05) is 5.02 Å². The Balaban J connectivity index is 3.52. The first-order valence-electron chi connectivity index (χ1n) is 7.24. The first-order chi connectivity index (χ1) is 9.93. The van der Waals surface area contributed by atoms with Crippen LogP contribution in [0.5, 0.6) is 0 Å². The zero-order chi connectivity index (χ0) is 16.0. The van der Waals surface area contributed by atoms with Crippen LogP contribution in [0.2, 0.25) is 5.02 Å². The molecule has 2 N–H and O–H groups in total. The molecule has 1 aromatic carbocycles. The summed E-state index contributed by atoms with van der Waals surface area (Å²) in [5.74, 6) is -2.46. The number of carboxylic acid groups (broad SMARTS) is 2. The molecule has 0 atom stereocenters. The molecule has 0 radical (unpaired) electrons. The highest BCUT2D eigenvalue weighted by Gasteiger charge is 2.24. The molecule has 4 nitrogen and oxygen atoms in total. The third kappa shape index (κ3) is 4.21. The van der Waals surface area contributed by atoms with Crippen molar-refractivity contribution in [2.45, 2.75) is 52.4 Å². The van der Waals surface area contributed by atoms with Crippen molar-refractivity contribution in [3.63, 3.8) is 0 Å². The molecule has 0 fully saturated rings. The maximum Gasteiger partial charge on any atom is 0.336 e. The Kier molecular flexibility index (Phi) is 6.69. The van der Waals surface area contributed by atoms with Crippen molar-refractivity contribution in [3.05, 3.63) is 33.3 Å². The zero-order valence-electron chi connectivity index (χ0n) is 12.4. The molecule has 0 amide bonds. The van der Waals surface area contributed by atoms with Crippen LogP contribution in [0, 0.1) is 0 Å². The van der Waals surface area contributed by atoms with E-state index in [0.717, 1.165) is 31.2 Å². The number of carbonyl (C=O) groups is 2. The number of rotatable bonds is 8. The largest absolute Gasteiger partial charge is 0.478 e. The van der Waals surface area contributed by atoms with Crippen molar-refractivity contribution in [1.29, 1.82) is 0 Å². The minimum atomic E-state index is -1.26. The molecule has 5 heteroatoms. The highest BCUT2D eigenvalue weighted by molar-refractivity contribution is 6.32. The molecule has 0 unspecified atom stereocenters. The number of carboxylic acids is 2. The SMILES string of the molecule is CCCCc1c(Cl)cc(C(=O)O)c(C(=O)O)c1CCCC. The maximum absolute atomic E-state index is 11.5. The van der Waals surface area contributed by atoms with Crippen LogP contribution in [-0.2, 0) is 12.8 Å². The summed E-state index contributed by atoms with van der Waals surface area (Å²) in [4.78, 5) is 22.8. The molecule has 21 heavy (non-hydrogen) atoms. The minimum Gasteiger partial charge on any atom is -0.478 e. The van der Waals surface area contributed by atoms with Crippen molar-refractivity contribution in [2.24, 2.45) is 0 Å². The summed E-state index contributed by atoms with van der Waals surface area (Å²) in [5.41, 5.74) is 1.04. The van der Waals surface area contributed by atoms with Gasteiger partial charge in [-0.2, -0.15) is 0 Å². The van der Waals surface area contributed by atoms with Gasteiger partial charge < -0.3 is 10.2 Å². The van der Waals surface area contributed by atoms with E-state index in [2.05, 4.69) is 0 Å². The smallest absolute Gasteiger partial charge is 0.336 e. The molecule has 1 rings (SSSR count). The maximum atomic E-state index is 11.5. The highest BCUT2D eigenvalue weighted by Crippen LogP contribution is 2.30. The molecule has 0 saturated heterocycles. The van der Waals surface area contributed by atoms with Gasteiger partial charge in [-0.1, -0.05) is 38.3 Å². The Hall–Kier alpha value is -1.55. The lowest BCUT2D eigenvalue weighted by molar-refractivity contribution is 0.0650. The molecule has 0 aliphatic heterocycles. The predicted octanol–water partition coefficient (Wildman–Crippen LogP) is 4.42. The van der Waals surface area contributed by atoms with Gasteiger partial charge in [-0.3, -0.25) is 0 Å². The van der Waals surface area contributed by atoms with Gasteiger partial charge in [-0.15, -0.1) is 0 Å². The first-order valence-corrected chi connectivity index (χ1v) is 7.62. The number of aromatic carboxylic acids is 2. The third-order valence-electron chi connectivity index (χ3n) is 3.50. The lowest BCUT2D eigenvalue weighted by atomic mass is 9.90. The molecule has 116 valence electrons. The molecule has 1 aromatic rings. The van der Waals surface area contributed by atoms with Gasteiger partial charge in [0.15, 0.2) is 0 Å². The highest BCUT2D eigenvalue weighted by atomic mass is 35.5. The van der Waals surface area contributed by atoms with Crippen molar-refractivity contribution in [3.8, 4) is 0 Å². The standard InChI is InChI=1S/C16H21ClO4/c1-3-5-7-10-11(8-6-4-2)14(16(20)21)12(15(18)19)9-13(10)17/h9H,3-8H2,1-2H3,(H,18,19)(H,20,21). The molecule has 0 aliphatic rings. The fourth-order valence-corrected chi connectivity index (χ4v) is 2.73. The normalized spacial score (nSPS) is 10.6. The third-order valence-corrected chi connectivity index (χ3v) is 3.84. The fourth-order valence-electron chi connectivity index (χ4n) is 2.41. The lowest BCUT2D eigenvalue weighted by Crippen LogP contribution is -2.14.